The van der Waals surface area contributed by atoms with Crippen LogP contribution in [-0.4, -0.2) is 17.5 Å². The van der Waals surface area contributed by atoms with Gasteiger partial charge in [0.15, 0.2) is 0 Å². The van der Waals surface area contributed by atoms with Gasteiger partial charge in [-0.05, 0) is 30.6 Å². The van der Waals surface area contributed by atoms with Crippen molar-refractivity contribution in [2.24, 2.45) is 16.7 Å². The van der Waals surface area contributed by atoms with Gasteiger partial charge in [0.05, 0.1) is 0 Å². The molecule has 1 fully saturated rings. The van der Waals surface area contributed by atoms with Gasteiger partial charge in [0.25, 0.3) is 0 Å². The van der Waals surface area contributed by atoms with E-state index in [2.05, 4.69) is 27.4 Å². The Kier molecular flexibility index (Phi) is 3.95. The van der Waals surface area contributed by atoms with E-state index < -0.39 is 0 Å². The number of hydrogen-bond acceptors (Lipinski definition) is 2. The van der Waals surface area contributed by atoms with Gasteiger partial charge in [-0.1, -0.05) is 26.8 Å². The standard InChI is InChI=1S/C14H24O2/c1-5-7-14(11(2)6-8-15)10-13(3,4)9-12(14)16/h5,11,15H,1,6-10H2,2-4H3/t11-,14+/m0/s1. The molecule has 1 rings (SSSR count). The summed E-state index contributed by atoms with van der Waals surface area (Å²) in [4.78, 5) is 12.3. The van der Waals surface area contributed by atoms with Gasteiger partial charge in [-0.25, -0.2) is 0 Å². The second-order valence-electron chi connectivity index (χ2n) is 6.00. The molecule has 1 aliphatic carbocycles. The van der Waals surface area contributed by atoms with Crippen LogP contribution in [0.25, 0.3) is 0 Å². The van der Waals surface area contributed by atoms with Crippen LogP contribution in [0.1, 0.15) is 46.5 Å². The van der Waals surface area contributed by atoms with Gasteiger partial charge in [-0.2, -0.15) is 0 Å². The predicted molar refractivity (Wildman–Crippen MR) is 66.1 cm³/mol. The monoisotopic (exact) mass is 224 g/mol. The molecule has 1 N–H and O–H groups in total. The van der Waals surface area contributed by atoms with Gasteiger partial charge in [-0.3, -0.25) is 4.79 Å². The van der Waals surface area contributed by atoms with E-state index in [0.29, 0.717) is 18.6 Å². The van der Waals surface area contributed by atoms with Crippen molar-refractivity contribution in [1.29, 1.82) is 0 Å². The SMILES string of the molecule is C=CC[C@]1([C@@H](C)CCO)CC(C)(C)CC1=O. The van der Waals surface area contributed by atoms with Crippen LogP contribution in [0.2, 0.25) is 0 Å². The molecule has 0 aromatic rings. The molecule has 0 saturated heterocycles. The summed E-state index contributed by atoms with van der Waals surface area (Å²) in [7, 11) is 0. The second kappa shape index (κ2) is 4.70. The highest BCUT2D eigenvalue weighted by Crippen LogP contribution is 2.53. The number of allylic oxidation sites excluding steroid dienone is 1. The zero-order chi connectivity index (χ0) is 12.4. The van der Waals surface area contributed by atoms with Crippen LogP contribution in [0, 0.1) is 16.7 Å². The van der Waals surface area contributed by atoms with Crippen molar-refractivity contribution in [3.05, 3.63) is 12.7 Å². The van der Waals surface area contributed by atoms with Crippen LogP contribution in [-0.2, 0) is 4.79 Å². The Balaban J connectivity index is 2.97. The van der Waals surface area contributed by atoms with Gasteiger partial charge in [0, 0.05) is 18.4 Å². The number of hydrogen-bond donors (Lipinski definition) is 1. The summed E-state index contributed by atoms with van der Waals surface area (Å²) in [5, 5.41) is 9.06. The third-order valence-corrected chi connectivity index (χ3v) is 4.00. The van der Waals surface area contributed by atoms with Crippen LogP contribution >= 0.6 is 0 Å². The lowest BCUT2D eigenvalue weighted by atomic mass is 9.69. The van der Waals surface area contributed by atoms with Gasteiger partial charge >= 0.3 is 0 Å². The molecule has 0 aliphatic heterocycles. The van der Waals surface area contributed by atoms with Crippen molar-refractivity contribution in [3.63, 3.8) is 0 Å². The Hall–Kier alpha value is -0.630. The fourth-order valence-electron chi connectivity index (χ4n) is 3.19. The summed E-state index contributed by atoms with van der Waals surface area (Å²) >= 11 is 0. The van der Waals surface area contributed by atoms with E-state index in [1.165, 1.54) is 0 Å². The third kappa shape index (κ3) is 2.37. The third-order valence-electron chi connectivity index (χ3n) is 4.00. The minimum atomic E-state index is -0.270. The molecule has 0 aromatic carbocycles. The normalized spacial score (nSPS) is 30.4. The highest BCUT2D eigenvalue weighted by molar-refractivity contribution is 5.88. The van der Waals surface area contributed by atoms with E-state index in [0.717, 1.165) is 12.8 Å². The Morgan fingerprint density at radius 3 is 2.56 bits per heavy atom. The quantitative estimate of drug-likeness (QED) is 0.729. The molecule has 92 valence electrons. The molecule has 0 heterocycles. The van der Waals surface area contributed by atoms with Crippen molar-refractivity contribution >= 4 is 5.78 Å². The van der Waals surface area contributed by atoms with Crippen LogP contribution in [0.5, 0.6) is 0 Å². The lowest BCUT2D eigenvalue weighted by Gasteiger charge is -2.34. The Bertz CT molecular complexity index is 280. The first-order valence-corrected chi connectivity index (χ1v) is 6.13. The molecule has 0 radical (unpaired) electrons. The number of Topliss-reactive ketones (excluding diaryl/α,β-unsaturated/α-hetero) is 1. The second-order valence-corrected chi connectivity index (χ2v) is 6.00. The largest absolute Gasteiger partial charge is 0.396 e. The first-order valence-electron chi connectivity index (χ1n) is 6.13. The summed E-state index contributed by atoms with van der Waals surface area (Å²) in [5.41, 5.74) is -0.169. The van der Waals surface area contributed by atoms with Crippen molar-refractivity contribution in [2.45, 2.75) is 46.5 Å². The summed E-state index contributed by atoms with van der Waals surface area (Å²) in [6.07, 6.45) is 4.89. The number of carbonyl (C=O) groups is 1. The van der Waals surface area contributed by atoms with E-state index >= 15 is 0 Å². The maximum absolute atomic E-state index is 12.3. The fraction of sp³-hybridized carbons (Fsp3) is 0.786. The molecular weight excluding hydrogens is 200 g/mol. The zero-order valence-electron chi connectivity index (χ0n) is 10.8. The lowest BCUT2D eigenvalue weighted by Crippen LogP contribution is -2.33. The number of rotatable bonds is 5. The minimum absolute atomic E-state index is 0.101. The maximum Gasteiger partial charge on any atom is 0.140 e. The highest BCUT2D eigenvalue weighted by atomic mass is 16.3. The van der Waals surface area contributed by atoms with Gasteiger partial charge < -0.3 is 5.11 Å². The number of aliphatic hydroxyl groups is 1. The van der Waals surface area contributed by atoms with Crippen LogP contribution in [0.3, 0.4) is 0 Å². The van der Waals surface area contributed by atoms with E-state index in [9.17, 15) is 4.79 Å². The Morgan fingerprint density at radius 1 is 1.56 bits per heavy atom. The van der Waals surface area contributed by atoms with Crippen molar-refractivity contribution in [1.82, 2.24) is 0 Å². The Morgan fingerprint density at radius 2 is 2.19 bits per heavy atom. The van der Waals surface area contributed by atoms with Gasteiger partial charge in [-0.15, -0.1) is 6.58 Å². The molecule has 2 heteroatoms. The van der Waals surface area contributed by atoms with Crippen molar-refractivity contribution in [2.75, 3.05) is 6.61 Å². The molecule has 0 bridgehead atoms. The van der Waals surface area contributed by atoms with Crippen LogP contribution in [0.15, 0.2) is 12.7 Å². The fourth-order valence-corrected chi connectivity index (χ4v) is 3.19. The number of carbonyl (C=O) groups excluding carboxylic acids is 1. The smallest absolute Gasteiger partial charge is 0.140 e. The number of ketones is 1. The highest BCUT2D eigenvalue weighted by Gasteiger charge is 2.51. The minimum Gasteiger partial charge on any atom is -0.396 e. The van der Waals surface area contributed by atoms with Gasteiger partial charge in [0.1, 0.15) is 5.78 Å². The summed E-state index contributed by atoms with van der Waals surface area (Å²) in [6.45, 7) is 10.3. The molecule has 1 aliphatic rings. The molecule has 0 spiro atoms. The molecule has 2 nitrogen and oxygen atoms in total. The van der Waals surface area contributed by atoms with Crippen LogP contribution < -0.4 is 0 Å². The molecule has 0 amide bonds. The first-order chi connectivity index (χ1) is 7.38. The Labute approximate surface area is 98.7 Å². The zero-order valence-corrected chi connectivity index (χ0v) is 10.8. The molecule has 2 atom stereocenters. The van der Waals surface area contributed by atoms with E-state index in [4.69, 9.17) is 5.11 Å². The predicted octanol–water partition coefficient (Wildman–Crippen LogP) is 2.96. The van der Waals surface area contributed by atoms with Crippen LogP contribution in [0.4, 0.5) is 0 Å². The van der Waals surface area contributed by atoms with E-state index in [-0.39, 0.29) is 23.4 Å². The first kappa shape index (κ1) is 13.4. The summed E-state index contributed by atoms with van der Waals surface area (Å²) < 4.78 is 0. The van der Waals surface area contributed by atoms with Gasteiger partial charge in [0.2, 0.25) is 0 Å². The van der Waals surface area contributed by atoms with E-state index in [1.54, 1.807) is 0 Å². The molecule has 16 heavy (non-hydrogen) atoms. The molecular formula is C14H24O2. The number of aliphatic hydroxyl groups excluding tert-OH is 1. The molecule has 1 saturated carbocycles. The van der Waals surface area contributed by atoms with Crippen molar-refractivity contribution < 1.29 is 9.90 Å². The molecule has 0 aromatic heterocycles. The molecule has 0 unspecified atom stereocenters. The topological polar surface area (TPSA) is 37.3 Å². The average Bonchev–Trinajstić information content (AvgIpc) is 2.38. The van der Waals surface area contributed by atoms with E-state index in [1.807, 2.05) is 6.08 Å². The van der Waals surface area contributed by atoms with Crippen molar-refractivity contribution in [3.8, 4) is 0 Å². The lowest BCUT2D eigenvalue weighted by molar-refractivity contribution is -0.128. The summed E-state index contributed by atoms with van der Waals surface area (Å²) in [5.74, 6) is 0.600. The summed E-state index contributed by atoms with van der Waals surface area (Å²) in [6, 6.07) is 0. The maximum atomic E-state index is 12.3. The average molecular weight is 224 g/mol.